The molecule has 0 aromatic carbocycles. The molecule has 4 heteroatoms. The van der Waals surface area contributed by atoms with Gasteiger partial charge in [-0.1, -0.05) is 44.1 Å². The van der Waals surface area contributed by atoms with Gasteiger partial charge in [-0.2, -0.15) is 0 Å². The van der Waals surface area contributed by atoms with Crippen LogP contribution in [0, 0.1) is 11.8 Å². The van der Waals surface area contributed by atoms with Gasteiger partial charge in [-0.05, 0) is 18.8 Å². The summed E-state index contributed by atoms with van der Waals surface area (Å²) in [5.74, 6) is 0.00306. The molecule has 0 unspecified atom stereocenters. The molecule has 3 nitrogen and oxygen atoms in total. The topological polar surface area (TPSA) is 60.7 Å². The predicted octanol–water partition coefficient (Wildman–Crippen LogP) is 0.988. The quantitative estimate of drug-likeness (QED) is 0.366. The van der Waals surface area contributed by atoms with Crippen LogP contribution in [0.4, 0.5) is 0 Å². The maximum atomic E-state index is 10.0. The highest BCUT2D eigenvalue weighted by atomic mass is 16.3. The van der Waals surface area contributed by atoms with Gasteiger partial charge in [0, 0.05) is 18.3 Å². The van der Waals surface area contributed by atoms with Gasteiger partial charge in [0.1, 0.15) is 7.85 Å². The molecule has 19 heavy (non-hydrogen) atoms. The average molecular weight is 266 g/mol. The molecule has 0 radical (unpaired) electrons. The van der Waals surface area contributed by atoms with Crippen LogP contribution in [0.25, 0.3) is 0 Å². The first-order valence-corrected chi connectivity index (χ1v) is 7.43. The van der Waals surface area contributed by atoms with Crippen LogP contribution in [0.2, 0.25) is 0 Å². The first-order chi connectivity index (χ1) is 9.06. The summed E-state index contributed by atoms with van der Waals surface area (Å²) in [4.78, 5) is 0. The number of hydrogen-bond donors (Lipinski definition) is 3. The van der Waals surface area contributed by atoms with Crippen molar-refractivity contribution in [2.24, 2.45) is 11.8 Å². The molecule has 0 aliphatic heterocycles. The summed E-state index contributed by atoms with van der Waals surface area (Å²) in [6.07, 6.45) is 11.6. The van der Waals surface area contributed by atoms with Crippen molar-refractivity contribution in [2.45, 2.75) is 57.2 Å². The zero-order valence-corrected chi connectivity index (χ0v) is 12.1. The SMILES string of the molecule is B[C@@H](O)/C=C/[C@@H]1[C@@H](C/C=C\CCCC)[C@@H](O)C[C@H]1O. The van der Waals surface area contributed by atoms with Crippen molar-refractivity contribution in [1.29, 1.82) is 0 Å². The van der Waals surface area contributed by atoms with E-state index in [0.29, 0.717) is 6.42 Å². The van der Waals surface area contributed by atoms with Gasteiger partial charge in [0.25, 0.3) is 0 Å². The van der Waals surface area contributed by atoms with Crippen molar-refractivity contribution in [1.82, 2.24) is 0 Å². The number of aliphatic hydroxyl groups is 3. The van der Waals surface area contributed by atoms with E-state index in [9.17, 15) is 15.3 Å². The first kappa shape index (κ1) is 16.5. The molecule has 0 spiro atoms. The predicted molar refractivity (Wildman–Crippen MR) is 80.6 cm³/mol. The number of rotatable bonds is 7. The fraction of sp³-hybridized carbons (Fsp3) is 0.733. The summed E-state index contributed by atoms with van der Waals surface area (Å²) in [6, 6.07) is -0.509. The second-order valence-corrected chi connectivity index (χ2v) is 5.59. The van der Waals surface area contributed by atoms with E-state index in [2.05, 4.69) is 19.1 Å². The molecule has 1 rings (SSSR count). The molecular formula is C15H27BO3. The smallest absolute Gasteiger partial charge is 0.143 e. The van der Waals surface area contributed by atoms with E-state index < -0.39 is 18.2 Å². The standard InChI is InChI=1S/C15H27BO3/c1-2-3-4-5-6-7-11-12(8-9-15(16)19)14(18)10-13(11)17/h5-6,8-9,11-15,17-19H,2-4,7,10,16H2,1H3/b6-5-,9-8+/t11-,12-,13+,14-,15+/m1/s1. The van der Waals surface area contributed by atoms with Crippen LogP contribution in [0.3, 0.4) is 0 Å². The average Bonchev–Trinajstić information content (AvgIpc) is 2.61. The van der Waals surface area contributed by atoms with Gasteiger partial charge in [0.2, 0.25) is 0 Å². The zero-order valence-electron chi connectivity index (χ0n) is 12.1. The van der Waals surface area contributed by atoms with Crippen molar-refractivity contribution in [2.75, 3.05) is 0 Å². The van der Waals surface area contributed by atoms with Crippen molar-refractivity contribution in [3.63, 3.8) is 0 Å². The molecule has 1 aliphatic carbocycles. The summed E-state index contributed by atoms with van der Waals surface area (Å²) in [7, 11) is 1.69. The number of unbranched alkanes of at least 4 members (excludes halogenated alkanes) is 2. The maximum Gasteiger partial charge on any atom is 0.143 e. The molecule has 3 N–H and O–H groups in total. The molecule has 5 atom stereocenters. The third-order valence-electron chi connectivity index (χ3n) is 3.83. The molecular weight excluding hydrogens is 239 g/mol. The van der Waals surface area contributed by atoms with E-state index in [1.54, 1.807) is 13.9 Å². The van der Waals surface area contributed by atoms with Crippen LogP contribution < -0.4 is 0 Å². The van der Waals surface area contributed by atoms with Gasteiger partial charge >= 0.3 is 0 Å². The molecule has 0 heterocycles. The minimum atomic E-state index is -0.509. The third kappa shape index (κ3) is 5.51. The number of hydrogen-bond acceptors (Lipinski definition) is 3. The van der Waals surface area contributed by atoms with E-state index >= 15 is 0 Å². The highest BCUT2D eigenvalue weighted by molar-refractivity contribution is 6.12. The Bertz CT molecular complexity index is 302. The lowest BCUT2D eigenvalue weighted by Crippen LogP contribution is -2.20. The zero-order chi connectivity index (χ0) is 14.3. The van der Waals surface area contributed by atoms with Crippen LogP contribution in [0.1, 0.15) is 39.0 Å². The Labute approximate surface area is 117 Å². The first-order valence-electron chi connectivity index (χ1n) is 7.43. The molecule has 1 saturated carbocycles. The van der Waals surface area contributed by atoms with E-state index in [1.165, 1.54) is 12.8 Å². The Balaban J connectivity index is 2.54. The van der Waals surface area contributed by atoms with Crippen molar-refractivity contribution >= 4 is 7.85 Å². The lowest BCUT2D eigenvalue weighted by Gasteiger charge is -2.19. The Morgan fingerprint density at radius 2 is 2.00 bits per heavy atom. The van der Waals surface area contributed by atoms with Crippen molar-refractivity contribution in [3.05, 3.63) is 24.3 Å². The highest BCUT2D eigenvalue weighted by Gasteiger charge is 2.39. The summed E-state index contributed by atoms with van der Waals surface area (Å²) in [5, 5.41) is 29.3. The largest absolute Gasteiger partial charge is 0.398 e. The summed E-state index contributed by atoms with van der Waals surface area (Å²) < 4.78 is 0. The van der Waals surface area contributed by atoms with Crippen molar-refractivity contribution in [3.8, 4) is 0 Å². The lowest BCUT2D eigenvalue weighted by atomic mass is 9.88. The van der Waals surface area contributed by atoms with E-state index in [-0.39, 0.29) is 11.8 Å². The van der Waals surface area contributed by atoms with Crippen molar-refractivity contribution < 1.29 is 15.3 Å². The second kappa shape index (κ2) is 8.57. The third-order valence-corrected chi connectivity index (χ3v) is 3.83. The monoisotopic (exact) mass is 266 g/mol. The number of aliphatic hydroxyl groups excluding tert-OH is 3. The summed E-state index contributed by atoms with van der Waals surface area (Å²) in [5.41, 5.74) is 0. The molecule has 1 fully saturated rings. The summed E-state index contributed by atoms with van der Waals surface area (Å²) in [6.45, 7) is 2.17. The van der Waals surface area contributed by atoms with Gasteiger partial charge in [0.05, 0.1) is 12.2 Å². The Kier molecular flexibility index (Phi) is 7.43. The molecule has 0 bridgehead atoms. The van der Waals surface area contributed by atoms with E-state index in [4.69, 9.17) is 0 Å². The number of allylic oxidation sites excluding steroid dienone is 2. The molecule has 0 amide bonds. The molecule has 108 valence electrons. The minimum Gasteiger partial charge on any atom is -0.398 e. The highest BCUT2D eigenvalue weighted by Crippen LogP contribution is 2.36. The molecule has 0 aromatic rings. The van der Waals surface area contributed by atoms with Crippen LogP contribution in [-0.4, -0.2) is 41.4 Å². The summed E-state index contributed by atoms with van der Waals surface area (Å²) >= 11 is 0. The normalized spacial score (nSPS) is 33.5. The Morgan fingerprint density at radius 3 is 2.63 bits per heavy atom. The van der Waals surface area contributed by atoms with Gasteiger partial charge in [-0.15, -0.1) is 0 Å². The van der Waals surface area contributed by atoms with Gasteiger partial charge in [-0.25, -0.2) is 0 Å². The van der Waals surface area contributed by atoms with Crippen LogP contribution in [0.15, 0.2) is 24.3 Å². The molecule has 0 aromatic heterocycles. The van der Waals surface area contributed by atoms with Gasteiger partial charge in [0.15, 0.2) is 0 Å². The van der Waals surface area contributed by atoms with Crippen LogP contribution >= 0.6 is 0 Å². The fourth-order valence-electron chi connectivity index (χ4n) is 2.69. The van der Waals surface area contributed by atoms with Crippen LogP contribution in [0.5, 0.6) is 0 Å². The molecule has 0 saturated heterocycles. The van der Waals surface area contributed by atoms with Crippen LogP contribution in [-0.2, 0) is 0 Å². The van der Waals surface area contributed by atoms with Gasteiger partial charge in [-0.3, -0.25) is 0 Å². The molecule has 1 aliphatic rings. The van der Waals surface area contributed by atoms with Gasteiger partial charge < -0.3 is 15.3 Å². The Hall–Kier alpha value is -0.575. The Morgan fingerprint density at radius 1 is 1.26 bits per heavy atom. The lowest BCUT2D eigenvalue weighted by molar-refractivity contribution is 0.120. The maximum absolute atomic E-state index is 10.0. The second-order valence-electron chi connectivity index (χ2n) is 5.59. The minimum absolute atomic E-state index is 0.0552. The van der Waals surface area contributed by atoms with E-state index in [1.807, 2.05) is 6.08 Å². The van der Waals surface area contributed by atoms with E-state index in [0.717, 1.165) is 12.8 Å². The fourth-order valence-corrected chi connectivity index (χ4v) is 2.69.